The maximum atomic E-state index is 2.28. The highest BCUT2D eigenvalue weighted by molar-refractivity contribution is 5.04. The molecular weight excluding hydrogens is 144 g/mol. The van der Waals surface area contributed by atoms with E-state index in [1.165, 1.54) is 12.0 Å². The van der Waals surface area contributed by atoms with Crippen molar-refractivity contribution in [3.8, 4) is 0 Å². The molecule has 0 amide bonds. The Labute approximate surface area is 77.4 Å². The number of hydrogen-bond donors (Lipinski definition) is 0. The topological polar surface area (TPSA) is 0 Å². The molecule has 1 radical (unpaired) electrons. The summed E-state index contributed by atoms with van der Waals surface area (Å²) in [5, 5.41) is 0. The average molecular weight is 165 g/mol. The third kappa shape index (κ3) is 7.59. The van der Waals surface area contributed by atoms with E-state index in [1.807, 2.05) is 0 Å². The van der Waals surface area contributed by atoms with Crippen molar-refractivity contribution in [2.75, 3.05) is 0 Å². The van der Waals surface area contributed by atoms with Crippen molar-refractivity contribution < 1.29 is 0 Å². The fraction of sp³-hybridized carbons (Fsp3) is 0.583. The summed E-state index contributed by atoms with van der Waals surface area (Å²) >= 11 is 0. The molecule has 0 spiro atoms. The predicted molar refractivity (Wildman–Crippen MR) is 56.9 cm³/mol. The van der Waals surface area contributed by atoms with Gasteiger partial charge in [0.1, 0.15) is 0 Å². The highest BCUT2D eigenvalue weighted by atomic mass is 13.9. The van der Waals surface area contributed by atoms with Crippen molar-refractivity contribution in [2.45, 2.75) is 40.5 Å². The second-order valence-electron chi connectivity index (χ2n) is 3.50. The lowest BCUT2D eigenvalue weighted by Crippen LogP contribution is -1.78. The first-order valence-electron chi connectivity index (χ1n) is 4.82. The second-order valence-corrected chi connectivity index (χ2v) is 3.50. The molecule has 0 heteroatoms. The molecule has 69 valence electrons. The lowest BCUT2D eigenvalue weighted by atomic mass is 10.1. The van der Waals surface area contributed by atoms with Gasteiger partial charge >= 0.3 is 0 Å². The van der Waals surface area contributed by atoms with Crippen LogP contribution in [0.5, 0.6) is 0 Å². The zero-order valence-corrected chi connectivity index (χ0v) is 8.80. The maximum Gasteiger partial charge on any atom is -0.0133 e. The van der Waals surface area contributed by atoms with Gasteiger partial charge in [-0.15, -0.1) is 0 Å². The highest BCUT2D eigenvalue weighted by Gasteiger charge is 1.84. The quantitative estimate of drug-likeness (QED) is 0.424. The first kappa shape index (κ1) is 11.5. The molecule has 0 heterocycles. The van der Waals surface area contributed by atoms with Gasteiger partial charge in [-0.2, -0.15) is 0 Å². The first-order valence-corrected chi connectivity index (χ1v) is 4.82. The van der Waals surface area contributed by atoms with Crippen LogP contribution in [-0.4, -0.2) is 0 Å². The molecule has 0 bridgehead atoms. The second kappa shape index (κ2) is 7.15. The number of allylic oxidation sites excluding steroid dienone is 4. The Morgan fingerprint density at radius 3 is 2.50 bits per heavy atom. The largest absolute Gasteiger partial charge is 0.0857 e. The number of unbranched alkanes of at least 4 members (excludes halogenated alkanes) is 1. The summed E-state index contributed by atoms with van der Waals surface area (Å²) in [5.41, 5.74) is 1.48. The van der Waals surface area contributed by atoms with Gasteiger partial charge in [-0.1, -0.05) is 44.6 Å². The van der Waals surface area contributed by atoms with Crippen molar-refractivity contribution in [3.63, 3.8) is 0 Å². The van der Waals surface area contributed by atoms with Gasteiger partial charge in [0.25, 0.3) is 0 Å². The zero-order valence-electron chi connectivity index (χ0n) is 8.80. The van der Waals surface area contributed by atoms with Crippen LogP contribution in [0.4, 0.5) is 0 Å². The summed E-state index contributed by atoms with van der Waals surface area (Å²) in [7, 11) is 0. The molecule has 0 atom stereocenters. The lowest BCUT2D eigenvalue weighted by molar-refractivity contribution is 0.830. The van der Waals surface area contributed by atoms with E-state index in [9.17, 15) is 0 Å². The minimum Gasteiger partial charge on any atom is -0.0857 e. The fourth-order valence-corrected chi connectivity index (χ4v) is 0.793. The summed E-state index contributed by atoms with van der Waals surface area (Å²) in [5.74, 6) is 0.664. The van der Waals surface area contributed by atoms with Gasteiger partial charge in [-0.05, 0) is 32.1 Å². The van der Waals surface area contributed by atoms with E-state index in [-0.39, 0.29) is 0 Å². The molecule has 0 saturated heterocycles. The molecule has 0 rings (SSSR count). The van der Waals surface area contributed by atoms with E-state index in [1.54, 1.807) is 0 Å². The van der Waals surface area contributed by atoms with E-state index < -0.39 is 0 Å². The van der Waals surface area contributed by atoms with Crippen molar-refractivity contribution in [2.24, 2.45) is 5.92 Å². The zero-order chi connectivity index (χ0) is 9.40. The van der Waals surface area contributed by atoms with Crippen LogP contribution in [0.25, 0.3) is 0 Å². The summed E-state index contributed by atoms with van der Waals surface area (Å²) in [4.78, 5) is 0. The monoisotopic (exact) mass is 165 g/mol. The number of hydrogen-bond acceptors (Lipinski definition) is 0. The Balaban J connectivity index is 3.44. The highest BCUT2D eigenvalue weighted by Crippen LogP contribution is 2.03. The molecule has 0 nitrogen and oxygen atoms in total. The Bertz CT molecular complexity index is 149. The van der Waals surface area contributed by atoms with Gasteiger partial charge in [0.2, 0.25) is 0 Å². The van der Waals surface area contributed by atoms with Crippen LogP contribution < -0.4 is 0 Å². The van der Waals surface area contributed by atoms with Crippen LogP contribution >= 0.6 is 0 Å². The molecule has 0 aliphatic rings. The van der Waals surface area contributed by atoms with Crippen LogP contribution in [0.15, 0.2) is 23.8 Å². The van der Waals surface area contributed by atoms with Crippen LogP contribution in [0.2, 0.25) is 0 Å². The molecule has 0 aromatic carbocycles. The van der Waals surface area contributed by atoms with Gasteiger partial charge in [0.05, 0.1) is 0 Å². The van der Waals surface area contributed by atoms with Gasteiger partial charge in [-0.25, -0.2) is 0 Å². The van der Waals surface area contributed by atoms with Gasteiger partial charge in [-0.3, -0.25) is 0 Å². The molecule has 0 unspecified atom stereocenters. The van der Waals surface area contributed by atoms with Gasteiger partial charge < -0.3 is 0 Å². The maximum absolute atomic E-state index is 2.28. The smallest absolute Gasteiger partial charge is 0.0133 e. The van der Waals surface area contributed by atoms with Crippen molar-refractivity contribution in [1.82, 2.24) is 0 Å². The molecule has 12 heavy (non-hydrogen) atoms. The van der Waals surface area contributed by atoms with Gasteiger partial charge in [0.15, 0.2) is 0 Å². The van der Waals surface area contributed by atoms with Crippen molar-refractivity contribution >= 4 is 0 Å². The Morgan fingerprint density at radius 2 is 2.00 bits per heavy atom. The van der Waals surface area contributed by atoms with Crippen LogP contribution in [-0.2, 0) is 0 Å². The molecule has 0 N–H and O–H groups in total. The molecule has 0 saturated carbocycles. The summed E-state index contributed by atoms with van der Waals surface area (Å²) in [6, 6.07) is 0. The molecule has 0 aliphatic carbocycles. The average Bonchev–Trinajstić information content (AvgIpc) is 2.03. The summed E-state index contributed by atoms with van der Waals surface area (Å²) in [6.45, 7) is 8.75. The summed E-state index contributed by atoms with van der Waals surface area (Å²) in [6.07, 6.45) is 11.1. The normalized spacial score (nSPS) is 13.2. The Hall–Kier alpha value is -0.520. The molecular formula is C12H21. The minimum absolute atomic E-state index is 0.664. The first-order chi connectivity index (χ1) is 5.66. The van der Waals surface area contributed by atoms with Crippen LogP contribution in [0, 0.1) is 12.3 Å². The third-order valence-corrected chi connectivity index (χ3v) is 1.79. The van der Waals surface area contributed by atoms with E-state index in [0.29, 0.717) is 5.92 Å². The van der Waals surface area contributed by atoms with Crippen LogP contribution in [0.1, 0.15) is 40.5 Å². The summed E-state index contributed by atoms with van der Waals surface area (Å²) < 4.78 is 0. The molecule has 0 fully saturated rings. The van der Waals surface area contributed by atoms with Crippen molar-refractivity contribution in [1.29, 1.82) is 0 Å². The van der Waals surface area contributed by atoms with Crippen molar-refractivity contribution in [3.05, 3.63) is 30.2 Å². The Morgan fingerprint density at radius 1 is 1.33 bits per heavy atom. The third-order valence-electron chi connectivity index (χ3n) is 1.79. The standard InChI is InChI=1S/C12H21/c1-5-12(4)10-8-6-7-9-11(2)3/h6-7,9-11H,5,8H2,1-4H3. The van der Waals surface area contributed by atoms with Crippen LogP contribution in [0.3, 0.4) is 0 Å². The van der Waals surface area contributed by atoms with E-state index in [0.717, 1.165) is 6.42 Å². The Kier molecular flexibility index (Phi) is 6.84. The predicted octanol–water partition coefficient (Wildman–Crippen LogP) is 4.15. The van der Waals surface area contributed by atoms with E-state index in [2.05, 4.69) is 52.3 Å². The SMILES string of the molecule is CCC(C)=CC[CH]C=CC(C)C. The fourth-order valence-electron chi connectivity index (χ4n) is 0.793. The lowest BCUT2D eigenvalue weighted by Gasteiger charge is -1.94. The molecule has 0 aromatic rings. The minimum atomic E-state index is 0.664. The molecule has 0 aromatic heterocycles. The van der Waals surface area contributed by atoms with E-state index >= 15 is 0 Å². The van der Waals surface area contributed by atoms with E-state index in [4.69, 9.17) is 0 Å². The molecule has 0 aliphatic heterocycles. The number of rotatable bonds is 5. The van der Waals surface area contributed by atoms with Gasteiger partial charge in [0, 0.05) is 0 Å².